The number of nitrogens with zero attached hydrogens (tertiary/aromatic N) is 4. The summed E-state index contributed by atoms with van der Waals surface area (Å²) >= 11 is 1.58. The van der Waals surface area contributed by atoms with Gasteiger partial charge < -0.3 is 5.32 Å². The topological polar surface area (TPSA) is 88.5 Å². The molecule has 0 radical (unpaired) electrons. The summed E-state index contributed by atoms with van der Waals surface area (Å²) < 4.78 is 2.70. The molecule has 0 aliphatic carbocycles. The molecule has 1 amide bonds. The largest absolute Gasteiger partial charge is 0.308 e. The highest BCUT2D eigenvalue weighted by Crippen LogP contribution is 2.35. The molecule has 0 aliphatic rings. The van der Waals surface area contributed by atoms with Crippen LogP contribution < -0.4 is 5.32 Å². The second kappa shape index (κ2) is 6.48. The first-order valence-corrected chi connectivity index (χ1v) is 8.68. The van der Waals surface area contributed by atoms with Crippen LogP contribution in [0.15, 0.2) is 43.0 Å². The monoisotopic (exact) mass is 352 g/mol. The Balaban J connectivity index is 1.47. The number of pyridine rings is 1. The average Bonchev–Trinajstić information content (AvgIpc) is 3.31. The lowest BCUT2D eigenvalue weighted by Gasteiger charge is -2.02. The van der Waals surface area contributed by atoms with E-state index in [2.05, 4.69) is 25.6 Å². The molecule has 4 aromatic heterocycles. The second-order valence-corrected chi connectivity index (χ2v) is 6.80. The van der Waals surface area contributed by atoms with Gasteiger partial charge >= 0.3 is 0 Å². The van der Waals surface area contributed by atoms with E-state index in [-0.39, 0.29) is 5.91 Å². The van der Waals surface area contributed by atoms with Crippen molar-refractivity contribution in [3.63, 3.8) is 0 Å². The molecule has 0 fully saturated rings. The zero-order chi connectivity index (χ0) is 17.2. The number of aromatic nitrogens is 5. The van der Waals surface area contributed by atoms with Gasteiger partial charge in [0, 0.05) is 42.0 Å². The van der Waals surface area contributed by atoms with Crippen molar-refractivity contribution in [2.75, 3.05) is 5.32 Å². The lowest BCUT2D eigenvalue weighted by atomic mass is 10.2. The summed E-state index contributed by atoms with van der Waals surface area (Å²) in [6.07, 6.45) is 7.61. The van der Waals surface area contributed by atoms with E-state index in [0.29, 0.717) is 18.8 Å². The van der Waals surface area contributed by atoms with Crippen LogP contribution in [-0.2, 0) is 11.3 Å². The quantitative estimate of drug-likeness (QED) is 0.577. The molecule has 4 rings (SSSR count). The van der Waals surface area contributed by atoms with E-state index in [4.69, 9.17) is 0 Å². The lowest BCUT2D eigenvalue weighted by Crippen LogP contribution is -2.15. The van der Waals surface area contributed by atoms with Crippen molar-refractivity contribution in [2.24, 2.45) is 0 Å². The maximum absolute atomic E-state index is 12.2. The van der Waals surface area contributed by atoms with E-state index < -0.39 is 0 Å². The number of aryl methyl sites for hydroxylation is 2. The van der Waals surface area contributed by atoms with Gasteiger partial charge in [0.05, 0.1) is 16.4 Å². The molecule has 0 spiro atoms. The Morgan fingerprint density at radius 2 is 2.32 bits per heavy atom. The number of amides is 1. The first-order chi connectivity index (χ1) is 12.2. The number of rotatable bonds is 5. The first kappa shape index (κ1) is 15.5. The van der Waals surface area contributed by atoms with E-state index >= 15 is 0 Å². The van der Waals surface area contributed by atoms with Crippen LogP contribution in [0.4, 0.5) is 5.82 Å². The molecular weight excluding hydrogens is 336 g/mol. The van der Waals surface area contributed by atoms with Gasteiger partial charge in [-0.3, -0.25) is 19.6 Å². The number of nitrogens with one attached hydrogen (secondary N) is 2. The fourth-order valence-corrected chi connectivity index (χ4v) is 3.60. The predicted molar refractivity (Wildman–Crippen MR) is 97.4 cm³/mol. The Bertz CT molecular complexity index is 1020. The molecule has 0 saturated heterocycles. The van der Waals surface area contributed by atoms with Crippen molar-refractivity contribution in [2.45, 2.75) is 19.9 Å². The number of fused-ring (bicyclic) bond motifs is 1. The Morgan fingerprint density at radius 1 is 1.40 bits per heavy atom. The first-order valence-electron chi connectivity index (χ1n) is 7.86. The SMILES string of the molecule is Cc1cnn(CCC(=O)Nc2n[nH]c3cc(-c4cccnc4)sc23)c1. The van der Waals surface area contributed by atoms with Gasteiger partial charge in [-0.2, -0.15) is 10.2 Å². The van der Waals surface area contributed by atoms with E-state index in [0.717, 1.165) is 26.2 Å². The summed E-state index contributed by atoms with van der Waals surface area (Å²) in [5.41, 5.74) is 3.03. The third-order valence-electron chi connectivity index (χ3n) is 3.77. The molecule has 0 atom stereocenters. The Kier molecular flexibility index (Phi) is 4.02. The van der Waals surface area contributed by atoms with Gasteiger partial charge in [0.1, 0.15) is 0 Å². The van der Waals surface area contributed by atoms with Gasteiger partial charge in [-0.05, 0) is 24.6 Å². The van der Waals surface area contributed by atoms with Crippen molar-refractivity contribution in [3.8, 4) is 10.4 Å². The third kappa shape index (κ3) is 3.29. The van der Waals surface area contributed by atoms with Gasteiger partial charge in [0.25, 0.3) is 0 Å². The molecule has 0 aliphatic heterocycles. The van der Waals surface area contributed by atoms with Gasteiger partial charge in [-0.25, -0.2) is 0 Å². The minimum absolute atomic E-state index is 0.0853. The van der Waals surface area contributed by atoms with E-state index in [1.807, 2.05) is 37.5 Å². The van der Waals surface area contributed by atoms with Crippen LogP contribution >= 0.6 is 11.3 Å². The molecule has 0 unspecified atom stereocenters. The zero-order valence-electron chi connectivity index (χ0n) is 13.6. The number of hydrogen-bond acceptors (Lipinski definition) is 5. The van der Waals surface area contributed by atoms with Crippen molar-refractivity contribution < 1.29 is 4.79 Å². The summed E-state index contributed by atoms with van der Waals surface area (Å²) in [6, 6.07) is 5.93. The number of H-pyrrole nitrogens is 1. The molecular formula is C17H16N6OS. The number of thiophene rings is 1. The lowest BCUT2D eigenvalue weighted by molar-refractivity contribution is -0.116. The van der Waals surface area contributed by atoms with E-state index in [9.17, 15) is 4.79 Å². The Labute approximate surface area is 147 Å². The highest BCUT2D eigenvalue weighted by atomic mass is 32.1. The van der Waals surface area contributed by atoms with Crippen LogP contribution in [0, 0.1) is 6.92 Å². The highest BCUT2D eigenvalue weighted by molar-refractivity contribution is 7.22. The fraction of sp³-hybridized carbons (Fsp3) is 0.176. The van der Waals surface area contributed by atoms with Crippen LogP contribution in [-0.4, -0.2) is 30.9 Å². The number of carbonyl (C=O) groups excluding carboxylic acids is 1. The standard InChI is InChI=1S/C17H16N6OS/c1-11-8-19-23(10-11)6-4-15(24)20-17-16-13(21-22-17)7-14(25-16)12-3-2-5-18-9-12/h2-3,5,7-10H,4,6H2,1H3,(H2,20,21,22,24). The third-order valence-corrected chi connectivity index (χ3v) is 4.96. The fourth-order valence-electron chi connectivity index (χ4n) is 2.55. The average molecular weight is 352 g/mol. The minimum atomic E-state index is -0.0853. The number of carbonyl (C=O) groups is 1. The van der Waals surface area contributed by atoms with Crippen LogP contribution in [0.2, 0.25) is 0 Å². The van der Waals surface area contributed by atoms with E-state index in [1.165, 1.54) is 0 Å². The van der Waals surface area contributed by atoms with Gasteiger partial charge in [-0.15, -0.1) is 11.3 Å². The van der Waals surface area contributed by atoms with Crippen LogP contribution in [0.1, 0.15) is 12.0 Å². The molecule has 2 N–H and O–H groups in total. The second-order valence-electron chi connectivity index (χ2n) is 5.75. The Morgan fingerprint density at radius 3 is 3.08 bits per heavy atom. The van der Waals surface area contributed by atoms with Crippen LogP contribution in [0.25, 0.3) is 20.7 Å². The summed E-state index contributed by atoms with van der Waals surface area (Å²) in [5, 5.41) is 14.2. The van der Waals surface area contributed by atoms with Gasteiger partial charge in [0.15, 0.2) is 5.82 Å². The molecule has 126 valence electrons. The molecule has 0 bridgehead atoms. The van der Waals surface area contributed by atoms with Crippen LogP contribution in [0.3, 0.4) is 0 Å². The smallest absolute Gasteiger partial charge is 0.227 e. The normalized spacial score (nSPS) is 11.1. The maximum atomic E-state index is 12.2. The predicted octanol–water partition coefficient (Wildman–Crippen LogP) is 3.22. The number of aromatic amines is 1. The van der Waals surface area contributed by atoms with Crippen molar-refractivity contribution in [1.82, 2.24) is 25.0 Å². The maximum Gasteiger partial charge on any atom is 0.227 e. The van der Waals surface area contributed by atoms with Crippen LogP contribution in [0.5, 0.6) is 0 Å². The molecule has 0 saturated carbocycles. The summed E-state index contributed by atoms with van der Waals surface area (Å²) in [6.45, 7) is 2.51. The molecule has 8 heteroatoms. The van der Waals surface area contributed by atoms with Crippen molar-refractivity contribution in [3.05, 3.63) is 48.5 Å². The zero-order valence-corrected chi connectivity index (χ0v) is 14.4. The molecule has 25 heavy (non-hydrogen) atoms. The molecule has 4 aromatic rings. The molecule has 0 aromatic carbocycles. The minimum Gasteiger partial charge on any atom is -0.308 e. The van der Waals surface area contributed by atoms with E-state index in [1.54, 1.807) is 28.4 Å². The van der Waals surface area contributed by atoms with Gasteiger partial charge in [-0.1, -0.05) is 6.07 Å². The number of anilines is 1. The summed E-state index contributed by atoms with van der Waals surface area (Å²) in [5.74, 6) is 0.481. The van der Waals surface area contributed by atoms with Crippen molar-refractivity contribution in [1.29, 1.82) is 0 Å². The molecule has 7 nitrogen and oxygen atoms in total. The molecule has 4 heterocycles. The highest BCUT2D eigenvalue weighted by Gasteiger charge is 2.14. The summed E-state index contributed by atoms with van der Waals surface area (Å²) in [7, 11) is 0. The van der Waals surface area contributed by atoms with Gasteiger partial charge in [0.2, 0.25) is 5.91 Å². The Hall–Kier alpha value is -3.00. The number of hydrogen-bond donors (Lipinski definition) is 2. The summed E-state index contributed by atoms with van der Waals surface area (Å²) in [4.78, 5) is 17.4. The van der Waals surface area contributed by atoms with Crippen molar-refractivity contribution >= 4 is 33.3 Å².